The summed E-state index contributed by atoms with van der Waals surface area (Å²) in [6.07, 6.45) is 0. The van der Waals surface area contributed by atoms with Crippen LogP contribution in [-0.2, 0) is 22.2 Å². The summed E-state index contributed by atoms with van der Waals surface area (Å²) >= 11 is -4.06. The van der Waals surface area contributed by atoms with Gasteiger partial charge in [-0.15, -0.1) is 0 Å². The van der Waals surface area contributed by atoms with E-state index in [-0.39, 0.29) is 0 Å². The fraction of sp³-hybridized carbons (Fsp3) is 0.143. The average Bonchev–Trinajstić information content (AvgIpc) is 2.53. The maximum absolute atomic E-state index is 10.9. The molecule has 0 radical (unpaired) electrons. The minimum Gasteiger partial charge on any atom is -0.322 e. The van der Waals surface area contributed by atoms with Crippen molar-refractivity contribution < 1.29 is 17.5 Å². The average molecular weight is 340 g/mol. The number of nitrogens with two attached hydrogens (primary N) is 2. The first-order valence-corrected chi connectivity index (χ1v) is 8.54. The van der Waals surface area contributed by atoms with Gasteiger partial charge in [-0.1, -0.05) is 24.3 Å². The van der Waals surface area contributed by atoms with Crippen molar-refractivity contribution in [2.75, 3.05) is 0 Å². The highest BCUT2D eigenvalue weighted by Gasteiger charge is 2.18. The minimum atomic E-state index is -2.03. The maximum Gasteiger partial charge on any atom is 0.186 e. The van der Waals surface area contributed by atoms with Crippen molar-refractivity contribution in [1.82, 2.24) is 0 Å². The van der Waals surface area contributed by atoms with E-state index >= 15 is 0 Å². The van der Waals surface area contributed by atoms with Crippen molar-refractivity contribution in [2.24, 2.45) is 11.5 Å². The van der Waals surface area contributed by atoms with Crippen molar-refractivity contribution in [2.45, 2.75) is 21.9 Å². The summed E-state index contributed by atoms with van der Waals surface area (Å²) in [6.45, 7) is 0. The normalized spacial score (nSPS) is 16.7. The van der Waals surface area contributed by atoms with Crippen LogP contribution in [0.25, 0.3) is 0 Å². The molecule has 6 N–H and O–H groups in total. The zero-order valence-corrected chi connectivity index (χ0v) is 13.1. The Bertz CT molecular complexity index is 627. The predicted octanol–water partition coefficient (Wildman–Crippen LogP) is 1.55. The van der Waals surface area contributed by atoms with Gasteiger partial charge in [0.05, 0.1) is 9.79 Å². The summed E-state index contributed by atoms with van der Waals surface area (Å²) in [7, 11) is 0. The highest BCUT2D eigenvalue weighted by Crippen LogP contribution is 2.25. The molecule has 0 aliphatic carbocycles. The standard InChI is InChI=1S/C14H16N2O4S2/c15-13(9-1-5-11(6-2-9)21(17)18)14(16)10-3-7-12(8-4-10)22(19)20/h1-8,13-14H,15-16H2,(H,17,18)(H,19,20). The fourth-order valence-corrected chi connectivity index (χ4v) is 2.77. The van der Waals surface area contributed by atoms with Gasteiger partial charge in [0.15, 0.2) is 22.2 Å². The largest absolute Gasteiger partial charge is 0.322 e. The van der Waals surface area contributed by atoms with E-state index in [1.165, 1.54) is 24.3 Å². The molecule has 0 saturated heterocycles. The molecular formula is C14H16N2O4S2. The molecule has 22 heavy (non-hydrogen) atoms. The summed E-state index contributed by atoms with van der Waals surface area (Å²) in [4.78, 5) is 0.582. The second kappa shape index (κ2) is 7.23. The molecule has 0 heterocycles. The molecule has 2 aromatic rings. The Balaban J connectivity index is 2.18. The molecule has 6 nitrogen and oxygen atoms in total. The SMILES string of the molecule is NC(c1ccc(S(=O)O)cc1)C(N)c1ccc(S(=O)O)cc1. The van der Waals surface area contributed by atoms with E-state index in [4.69, 9.17) is 20.6 Å². The van der Waals surface area contributed by atoms with Crippen LogP contribution in [-0.4, -0.2) is 17.5 Å². The highest BCUT2D eigenvalue weighted by atomic mass is 32.2. The lowest BCUT2D eigenvalue weighted by molar-refractivity contribution is 0.560. The molecule has 0 aliphatic rings. The number of hydrogen-bond acceptors (Lipinski definition) is 4. The topological polar surface area (TPSA) is 127 Å². The van der Waals surface area contributed by atoms with Crippen molar-refractivity contribution in [1.29, 1.82) is 0 Å². The molecule has 2 rings (SSSR count). The Morgan fingerprint density at radius 2 is 0.955 bits per heavy atom. The molecule has 4 unspecified atom stereocenters. The van der Waals surface area contributed by atoms with Gasteiger partial charge in [0.25, 0.3) is 0 Å². The molecule has 0 saturated carbocycles. The van der Waals surface area contributed by atoms with E-state index in [1.807, 2.05) is 0 Å². The van der Waals surface area contributed by atoms with E-state index in [9.17, 15) is 8.42 Å². The van der Waals surface area contributed by atoms with Crippen LogP contribution < -0.4 is 11.5 Å². The van der Waals surface area contributed by atoms with Gasteiger partial charge in [0.1, 0.15) is 0 Å². The van der Waals surface area contributed by atoms with Crippen molar-refractivity contribution in [3.63, 3.8) is 0 Å². The summed E-state index contributed by atoms with van der Waals surface area (Å²) in [6, 6.07) is 11.7. The van der Waals surface area contributed by atoms with Crippen molar-refractivity contribution in [3.05, 3.63) is 59.7 Å². The second-order valence-electron chi connectivity index (χ2n) is 4.69. The number of rotatable bonds is 5. The molecular weight excluding hydrogens is 324 g/mol. The zero-order chi connectivity index (χ0) is 16.3. The lowest BCUT2D eigenvalue weighted by atomic mass is 9.95. The van der Waals surface area contributed by atoms with Crippen molar-refractivity contribution in [3.8, 4) is 0 Å². The van der Waals surface area contributed by atoms with Crippen LogP contribution in [0.1, 0.15) is 23.2 Å². The van der Waals surface area contributed by atoms with Gasteiger partial charge >= 0.3 is 0 Å². The molecule has 0 bridgehead atoms. The van der Waals surface area contributed by atoms with Crippen LogP contribution in [0.2, 0.25) is 0 Å². The van der Waals surface area contributed by atoms with Crippen LogP contribution in [0.3, 0.4) is 0 Å². The van der Waals surface area contributed by atoms with Gasteiger partial charge in [-0.3, -0.25) is 0 Å². The Hall–Kier alpha value is -1.42. The summed E-state index contributed by atoms with van der Waals surface area (Å²) < 4.78 is 39.8. The van der Waals surface area contributed by atoms with Crippen LogP contribution >= 0.6 is 0 Å². The van der Waals surface area contributed by atoms with Crippen LogP contribution in [0.5, 0.6) is 0 Å². The predicted molar refractivity (Wildman–Crippen MR) is 84.8 cm³/mol. The quantitative estimate of drug-likeness (QED) is 0.612. The number of hydrogen-bond donors (Lipinski definition) is 4. The van der Waals surface area contributed by atoms with Gasteiger partial charge in [0, 0.05) is 12.1 Å². The second-order valence-corrected chi connectivity index (χ2v) is 6.63. The lowest BCUT2D eigenvalue weighted by Gasteiger charge is -2.21. The first-order chi connectivity index (χ1) is 10.4. The van der Waals surface area contributed by atoms with Crippen LogP contribution in [0.4, 0.5) is 0 Å². The van der Waals surface area contributed by atoms with E-state index in [2.05, 4.69) is 0 Å². The van der Waals surface area contributed by atoms with Gasteiger partial charge in [-0.2, -0.15) is 0 Å². The summed E-state index contributed by atoms with van der Waals surface area (Å²) in [5, 5.41) is 0. The fourth-order valence-electron chi connectivity index (χ4n) is 2.03. The Kier molecular flexibility index (Phi) is 5.57. The van der Waals surface area contributed by atoms with E-state index < -0.39 is 34.2 Å². The first-order valence-electron chi connectivity index (χ1n) is 6.33. The Morgan fingerprint density at radius 3 is 1.18 bits per heavy atom. The molecule has 0 aromatic heterocycles. The Morgan fingerprint density at radius 1 is 0.682 bits per heavy atom. The molecule has 0 amide bonds. The van der Waals surface area contributed by atoms with E-state index in [1.54, 1.807) is 24.3 Å². The molecule has 0 spiro atoms. The zero-order valence-electron chi connectivity index (χ0n) is 11.5. The van der Waals surface area contributed by atoms with Gasteiger partial charge in [-0.25, -0.2) is 8.42 Å². The van der Waals surface area contributed by atoms with E-state index in [0.29, 0.717) is 9.79 Å². The third kappa shape index (κ3) is 3.86. The third-order valence-corrected chi connectivity index (χ3v) is 4.67. The monoisotopic (exact) mass is 340 g/mol. The number of benzene rings is 2. The summed E-state index contributed by atoms with van der Waals surface area (Å²) in [5.74, 6) is 0. The molecule has 8 heteroatoms. The minimum absolute atomic E-state index is 0.291. The smallest absolute Gasteiger partial charge is 0.186 e. The molecule has 2 aromatic carbocycles. The van der Waals surface area contributed by atoms with Crippen molar-refractivity contribution >= 4 is 22.2 Å². The highest BCUT2D eigenvalue weighted by molar-refractivity contribution is 7.79. The van der Waals surface area contributed by atoms with Gasteiger partial charge in [-0.05, 0) is 35.4 Å². The molecule has 0 aliphatic heterocycles. The lowest BCUT2D eigenvalue weighted by Crippen LogP contribution is -2.26. The maximum atomic E-state index is 10.9. The Labute approximate surface area is 133 Å². The molecule has 118 valence electrons. The van der Waals surface area contributed by atoms with Gasteiger partial charge < -0.3 is 20.6 Å². The third-order valence-electron chi connectivity index (χ3n) is 3.32. The molecule has 4 atom stereocenters. The van der Waals surface area contributed by atoms with Gasteiger partial charge in [0.2, 0.25) is 0 Å². The van der Waals surface area contributed by atoms with Crippen LogP contribution in [0.15, 0.2) is 58.3 Å². The van der Waals surface area contributed by atoms with Crippen LogP contribution in [0, 0.1) is 0 Å². The van der Waals surface area contributed by atoms with E-state index in [0.717, 1.165) is 11.1 Å². The summed E-state index contributed by atoms with van der Waals surface area (Å²) in [5.41, 5.74) is 13.7. The first kappa shape index (κ1) is 16.9. The molecule has 0 fully saturated rings.